The molecule has 1 aromatic rings. The van der Waals surface area contributed by atoms with Gasteiger partial charge in [0, 0.05) is 25.7 Å². The van der Waals surface area contributed by atoms with Gasteiger partial charge in [0.2, 0.25) is 5.82 Å². The second kappa shape index (κ2) is 5.86. The van der Waals surface area contributed by atoms with Crippen LogP contribution in [0.3, 0.4) is 0 Å². The lowest BCUT2D eigenvalue weighted by atomic mass is 10.2. The van der Waals surface area contributed by atoms with E-state index in [1.165, 1.54) is 6.07 Å². The number of hydrogen-bond donors (Lipinski definition) is 1. The highest BCUT2D eigenvalue weighted by atomic mass is 16.6. The van der Waals surface area contributed by atoms with Crippen molar-refractivity contribution in [3.05, 3.63) is 22.2 Å². The predicted octanol–water partition coefficient (Wildman–Crippen LogP) is 2.80. The number of rotatable bonds is 7. The van der Waals surface area contributed by atoms with Gasteiger partial charge in [-0.25, -0.2) is 4.98 Å². The maximum absolute atomic E-state index is 11.2. The van der Waals surface area contributed by atoms with Gasteiger partial charge in [0.05, 0.1) is 4.92 Å². The molecule has 0 spiro atoms. The average molecular weight is 264 g/mol. The van der Waals surface area contributed by atoms with Gasteiger partial charge in [-0.2, -0.15) is 0 Å². The van der Waals surface area contributed by atoms with Crippen LogP contribution in [0.15, 0.2) is 12.1 Å². The smallest absolute Gasteiger partial charge is 0.311 e. The highest BCUT2D eigenvalue weighted by Gasteiger charge is 2.33. The van der Waals surface area contributed by atoms with E-state index in [-0.39, 0.29) is 10.6 Å². The molecule has 1 fully saturated rings. The molecule has 6 heteroatoms. The van der Waals surface area contributed by atoms with Gasteiger partial charge in [0.15, 0.2) is 0 Å². The molecule has 0 amide bonds. The Bertz CT molecular complexity index is 460. The summed E-state index contributed by atoms with van der Waals surface area (Å²) in [6.45, 7) is 2.96. The lowest BCUT2D eigenvalue weighted by Gasteiger charge is -2.23. The molecule has 1 heterocycles. The first-order valence-electron chi connectivity index (χ1n) is 6.77. The number of hydrogen-bond acceptors (Lipinski definition) is 5. The summed E-state index contributed by atoms with van der Waals surface area (Å²) in [4.78, 5) is 17.3. The molecule has 1 N–H and O–H groups in total. The van der Waals surface area contributed by atoms with Gasteiger partial charge in [0.1, 0.15) is 5.82 Å². The molecule has 0 bridgehead atoms. The molecule has 1 aromatic heterocycles. The van der Waals surface area contributed by atoms with E-state index >= 15 is 0 Å². The first kappa shape index (κ1) is 13.6. The lowest BCUT2D eigenvalue weighted by molar-refractivity contribution is -0.384. The summed E-state index contributed by atoms with van der Waals surface area (Å²) in [5, 5.41) is 14.1. The van der Waals surface area contributed by atoms with E-state index in [2.05, 4.69) is 22.1 Å². The number of nitrogens with zero attached hydrogens (tertiary/aromatic N) is 3. The Morgan fingerprint density at radius 1 is 1.53 bits per heavy atom. The van der Waals surface area contributed by atoms with Gasteiger partial charge in [-0.15, -0.1) is 0 Å². The van der Waals surface area contributed by atoms with Crippen molar-refractivity contribution in [2.45, 2.75) is 38.6 Å². The molecule has 1 aliphatic carbocycles. The van der Waals surface area contributed by atoms with Crippen LogP contribution in [0.5, 0.6) is 0 Å². The van der Waals surface area contributed by atoms with Crippen LogP contribution in [0.25, 0.3) is 0 Å². The SMILES string of the molecule is CCCCN(c1nc(NC)ccc1[N+](=O)[O-])C1CC1. The highest BCUT2D eigenvalue weighted by molar-refractivity contribution is 5.62. The third-order valence-corrected chi connectivity index (χ3v) is 3.32. The molecular weight excluding hydrogens is 244 g/mol. The molecule has 1 saturated carbocycles. The van der Waals surface area contributed by atoms with E-state index in [4.69, 9.17) is 0 Å². The van der Waals surface area contributed by atoms with Gasteiger partial charge in [-0.05, 0) is 25.3 Å². The summed E-state index contributed by atoms with van der Waals surface area (Å²) < 4.78 is 0. The number of aromatic nitrogens is 1. The lowest BCUT2D eigenvalue weighted by Crippen LogP contribution is -2.28. The van der Waals surface area contributed by atoms with Crippen molar-refractivity contribution in [2.75, 3.05) is 23.8 Å². The number of unbranched alkanes of at least 4 members (excludes halogenated alkanes) is 1. The Morgan fingerprint density at radius 2 is 2.26 bits per heavy atom. The minimum Gasteiger partial charge on any atom is -0.373 e. The Kier molecular flexibility index (Phi) is 4.19. The molecule has 0 aliphatic heterocycles. The second-order valence-corrected chi connectivity index (χ2v) is 4.82. The van der Waals surface area contributed by atoms with Crippen LogP contribution in [0, 0.1) is 10.1 Å². The zero-order valence-electron chi connectivity index (χ0n) is 11.4. The summed E-state index contributed by atoms with van der Waals surface area (Å²) in [6, 6.07) is 3.60. The zero-order valence-corrected chi connectivity index (χ0v) is 11.4. The molecule has 2 rings (SSSR count). The third-order valence-electron chi connectivity index (χ3n) is 3.32. The zero-order chi connectivity index (χ0) is 13.8. The van der Waals surface area contributed by atoms with Gasteiger partial charge in [-0.3, -0.25) is 10.1 Å². The van der Waals surface area contributed by atoms with Gasteiger partial charge < -0.3 is 10.2 Å². The van der Waals surface area contributed by atoms with Crippen molar-refractivity contribution in [1.82, 2.24) is 4.98 Å². The molecule has 1 aliphatic rings. The fourth-order valence-corrected chi connectivity index (χ4v) is 2.11. The highest BCUT2D eigenvalue weighted by Crippen LogP contribution is 2.36. The Hall–Kier alpha value is -1.85. The van der Waals surface area contributed by atoms with E-state index in [0.717, 1.165) is 32.2 Å². The van der Waals surface area contributed by atoms with Crippen LogP contribution >= 0.6 is 0 Å². The predicted molar refractivity (Wildman–Crippen MR) is 75.7 cm³/mol. The minimum atomic E-state index is -0.344. The molecule has 6 nitrogen and oxygen atoms in total. The van der Waals surface area contributed by atoms with Crippen LogP contribution < -0.4 is 10.2 Å². The number of nitrogens with one attached hydrogen (secondary N) is 1. The van der Waals surface area contributed by atoms with Crippen LogP contribution in [-0.2, 0) is 0 Å². The van der Waals surface area contributed by atoms with Crippen molar-refractivity contribution in [3.63, 3.8) is 0 Å². The molecule has 0 aromatic carbocycles. The quantitative estimate of drug-likeness (QED) is 0.605. The first-order valence-corrected chi connectivity index (χ1v) is 6.77. The number of anilines is 2. The van der Waals surface area contributed by atoms with Gasteiger partial charge in [0.25, 0.3) is 0 Å². The fourth-order valence-electron chi connectivity index (χ4n) is 2.11. The molecule has 19 heavy (non-hydrogen) atoms. The summed E-state index contributed by atoms with van der Waals surface area (Å²) in [7, 11) is 1.77. The van der Waals surface area contributed by atoms with Crippen molar-refractivity contribution < 1.29 is 4.92 Å². The number of pyridine rings is 1. The molecular formula is C13H20N4O2. The second-order valence-electron chi connectivity index (χ2n) is 4.82. The van der Waals surface area contributed by atoms with E-state index in [1.54, 1.807) is 13.1 Å². The Balaban J connectivity index is 2.34. The number of nitro groups is 1. The van der Waals surface area contributed by atoms with Crippen LogP contribution in [-0.4, -0.2) is 29.5 Å². The topological polar surface area (TPSA) is 71.3 Å². The Morgan fingerprint density at radius 3 is 2.79 bits per heavy atom. The van der Waals surface area contributed by atoms with Crippen molar-refractivity contribution >= 4 is 17.3 Å². The standard InChI is InChI=1S/C13H20N4O2/c1-3-4-9-16(10-5-6-10)13-11(17(18)19)7-8-12(14-2)15-13/h7-8,10H,3-6,9H2,1-2H3,(H,14,15). The summed E-state index contributed by atoms with van der Waals surface area (Å²) in [5.74, 6) is 1.18. The maximum Gasteiger partial charge on any atom is 0.311 e. The molecule has 0 unspecified atom stereocenters. The monoisotopic (exact) mass is 264 g/mol. The van der Waals surface area contributed by atoms with Crippen LogP contribution in [0.4, 0.5) is 17.3 Å². The molecule has 0 atom stereocenters. The Labute approximate surface area is 113 Å². The third kappa shape index (κ3) is 3.13. The van der Waals surface area contributed by atoms with Crippen molar-refractivity contribution in [2.24, 2.45) is 0 Å². The van der Waals surface area contributed by atoms with Crippen molar-refractivity contribution in [3.8, 4) is 0 Å². The van der Waals surface area contributed by atoms with Crippen molar-refractivity contribution in [1.29, 1.82) is 0 Å². The molecule has 0 radical (unpaired) electrons. The summed E-state index contributed by atoms with van der Waals surface area (Å²) in [5.41, 5.74) is 0.0991. The van der Waals surface area contributed by atoms with Gasteiger partial charge >= 0.3 is 5.69 Å². The molecule has 0 saturated heterocycles. The fraction of sp³-hybridized carbons (Fsp3) is 0.615. The maximum atomic E-state index is 11.2. The van der Waals surface area contributed by atoms with Crippen LogP contribution in [0.1, 0.15) is 32.6 Å². The van der Waals surface area contributed by atoms with E-state index < -0.39 is 0 Å². The molecule has 104 valence electrons. The van der Waals surface area contributed by atoms with Gasteiger partial charge in [-0.1, -0.05) is 13.3 Å². The summed E-state index contributed by atoms with van der Waals surface area (Å²) in [6.07, 6.45) is 4.31. The van der Waals surface area contributed by atoms with E-state index in [1.807, 2.05) is 0 Å². The summed E-state index contributed by atoms with van der Waals surface area (Å²) >= 11 is 0. The largest absolute Gasteiger partial charge is 0.373 e. The van der Waals surface area contributed by atoms with E-state index in [9.17, 15) is 10.1 Å². The normalized spacial score (nSPS) is 14.2. The average Bonchev–Trinajstić information content (AvgIpc) is 3.23. The first-order chi connectivity index (χ1) is 9.17. The van der Waals surface area contributed by atoms with E-state index in [0.29, 0.717) is 17.7 Å². The minimum absolute atomic E-state index is 0.0991. The van der Waals surface area contributed by atoms with Crippen LogP contribution in [0.2, 0.25) is 0 Å².